The summed E-state index contributed by atoms with van der Waals surface area (Å²) in [6.45, 7) is 8.82. The number of hydrogen-bond acceptors (Lipinski definition) is 4. The van der Waals surface area contributed by atoms with E-state index >= 15 is 0 Å². The molecule has 7 nitrogen and oxygen atoms in total. The van der Waals surface area contributed by atoms with Gasteiger partial charge < -0.3 is 10.2 Å². The maximum Gasteiger partial charge on any atom is 0.264 e. The van der Waals surface area contributed by atoms with Gasteiger partial charge >= 0.3 is 0 Å². The summed E-state index contributed by atoms with van der Waals surface area (Å²) in [5.74, 6) is -1.44. The van der Waals surface area contributed by atoms with Crippen LogP contribution in [0.3, 0.4) is 0 Å². The van der Waals surface area contributed by atoms with Crippen LogP contribution in [-0.4, -0.2) is 43.3 Å². The summed E-state index contributed by atoms with van der Waals surface area (Å²) in [6.07, 6.45) is 0.329. The smallest absolute Gasteiger partial charge is 0.264 e. The van der Waals surface area contributed by atoms with Crippen LogP contribution in [0, 0.1) is 12.7 Å². The van der Waals surface area contributed by atoms with Gasteiger partial charge in [-0.05, 0) is 76.1 Å². The van der Waals surface area contributed by atoms with Crippen molar-refractivity contribution >= 4 is 27.5 Å². The van der Waals surface area contributed by atoms with E-state index in [9.17, 15) is 22.4 Å². The standard InChI is InChI=1S/C30H36FN3O4S/c1-6-27(29(36)32-30(3,4)5)33(20-23-10-8-7-9-11-23)28(35)21-34(25-16-12-22(2)13-17-25)39(37,38)26-18-14-24(31)15-19-26/h7-19,27H,6,20-21H2,1-5H3,(H,32,36)/t27-/m0/s1. The number of benzene rings is 3. The van der Waals surface area contributed by atoms with Crippen molar-refractivity contribution in [2.75, 3.05) is 10.8 Å². The zero-order valence-electron chi connectivity index (χ0n) is 23.0. The Kier molecular flexibility index (Phi) is 9.50. The normalized spacial score (nSPS) is 12.5. The van der Waals surface area contributed by atoms with Crippen molar-refractivity contribution in [3.63, 3.8) is 0 Å². The van der Waals surface area contributed by atoms with Crippen LogP contribution in [-0.2, 0) is 26.2 Å². The first-order chi connectivity index (χ1) is 18.3. The predicted octanol–water partition coefficient (Wildman–Crippen LogP) is 5.05. The Balaban J connectivity index is 2.05. The van der Waals surface area contributed by atoms with E-state index in [1.165, 1.54) is 17.0 Å². The molecule has 0 spiro atoms. The number of halogens is 1. The summed E-state index contributed by atoms with van der Waals surface area (Å²) in [5.41, 5.74) is 1.48. The fourth-order valence-electron chi connectivity index (χ4n) is 4.13. The third kappa shape index (κ3) is 7.89. The van der Waals surface area contributed by atoms with Gasteiger partial charge in [-0.2, -0.15) is 0 Å². The minimum atomic E-state index is -4.25. The molecule has 1 N–H and O–H groups in total. The van der Waals surface area contributed by atoms with Crippen LogP contribution >= 0.6 is 0 Å². The lowest BCUT2D eigenvalue weighted by molar-refractivity contribution is -0.141. The Hall–Kier alpha value is -3.72. The Morgan fingerprint density at radius 1 is 0.923 bits per heavy atom. The molecular weight excluding hydrogens is 517 g/mol. The molecule has 0 aliphatic rings. The van der Waals surface area contributed by atoms with Crippen molar-refractivity contribution in [1.29, 1.82) is 0 Å². The highest BCUT2D eigenvalue weighted by Gasteiger charge is 2.34. The molecule has 2 amide bonds. The largest absolute Gasteiger partial charge is 0.350 e. The van der Waals surface area contributed by atoms with Crippen LogP contribution < -0.4 is 9.62 Å². The molecule has 0 heterocycles. The van der Waals surface area contributed by atoms with Gasteiger partial charge in [0.1, 0.15) is 18.4 Å². The molecule has 3 aromatic carbocycles. The fraction of sp³-hybridized carbons (Fsp3) is 0.333. The average molecular weight is 554 g/mol. The SMILES string of the molecule is CC[C@@H](C(=O)NC(C)(C)C)N(Cc1ccccc1)C(=O)CN(c1ccc(C)cc1)S(=O)(=O)c1ccc(F)cc1. The molecule has 0 saturated carbocycles. The Bertz CT molecular complexity index is 1370. The molecule has 1 atom stereocenters. The maximum absolute atomic E-state index is 14.0. The Morgan fingerprint density at radius 2 is 1.51 bits per heavy atom. The number of anilines is 1. The van der Waals surface area contributed by atoms with Gasteiger partial charge in [-0.15, -0.1) is 0 Å². The summed E-state index contributed by atoms with van der Waals surface area (Å²) in [4.78, 5) is 28.6. The zero-order chi connectivity index (χ0) is 28.8. The average Bonchev–Trinajstić information content (AvgIpc) is 2.87. The third-order valence-corrected chi connectivity index (χ3v) is 7.87. The molecule has 39 heavy (non-hydrogen) atoms. The third-order valence-electron chi connectivity index (χ3n) is 6.08. The molecule has 208 valence electrons. The van der Waals surface area contributed by atoms with E-state index in [4.69, 9.17) is 0 Å². The van der Waals surface area contributed by atoms with Crippen molar-refractivity contribution in [1.82, 2.24) is 10.2 Å². The van der Waals surface area contributed by atoms with Crippen LogP contribution in [0.1, 0.15) is 45.2 Å². The summed E-state index contributed by atoms with van der Waals surface area (Å²) >= 11 is 0. The molecule has 0 bridgehead atoms. The topological polar surface area (TPSA) is 86.8 Å². The van der Waals surface area contributed by atoms with Crippen molar-refractivity contribution in [2.45, 2.75) is 64.1 Å². The Labute approximate surface area is 230 Å². The Morgan fingerprint density at radius 3 is 2.05 bits per heavy atom. The molecule has 0 aliphatic heterocycles. The van der Waals surface area contributed by atoms with Crippen LogP contribution in [0.15, 0.2) is 83.8 Å². The van der Waals surface area contributed by atoms with E-state index in [1.54, 1.807) is 24.3 Å². The summed E-state index contributed by atoms with van der Waals surface area (Å²) in [7, 11) is -4.25. The number of nitrogens with zero attached hydrogens (tertiary/aromatic N) is 2. The fourth-order valence-corrected chi connectivity index (χ4v) is 5.54. The first-order valence-electron chi connectivity index (χ1n) is 12.8. The number of amides is 2. The minimum absolute atomic E-state index is 0.119. The lowest BCUT2D eigenvalue weighted by Gasteiger charge is -2.34. The highest BCUT2D eigenvalue weighted by atomic mass is 32.2. The first kappa shape index (κ1) is 29.8. The number of hydrogen-bond donors (Lipinski definition) is 1. The number of aryl methyl sites for hydroxylation is 1. The van der Waals surface area contributed by atoms with E-state index in [-0.39, 0.29) is 23.0 Å². The van der Waals surface area contributed by atoms with Gasteiger partial charge in [0, 0.05) is 12.1 Å². The second-order valence-electron chi connectivity index (χ2n) is 10.5. The molecule has 3 rings (SSSR count). The highest BCUT2D eigenvalue weighted by molar-refractivity contribution is 7.92. The quantitative estimate of drug-likeness (QED) is 0.381. The molecule has 0 aliphatic carbocycles. The van der Waals surface area contributed by atoms with Crippen LogP contribution in [0.25, 0.3) is 0 Å². The van der Waals surface area contributed by atoms with Gasteiger partial charge in [-0.1, -0.05) is 55.0 Å². The van der Waals surface area contributed by atoms with E-state index in [2.05, 4.69) is 5.32 Å². The van der Waals surface area contributed by atoms with Gasteiger partial charge in [-0.25, -0.2) is 12.8 Å². The zero-order valence-corrected chi connectivity index (χ0v) is 23.8. The van der Waals surface area contributed by atoms with E-state index in [0.29, 0.717) is 6.42 Å². The molecule has 9 heteroatoms. The van der Waals surface area contributed by atoms with Crippen LogP contribution in [0.4, 0.5) is 10.1 Å². The number of sulfonamides is 1. The van der Waals surface area contributed by atoms with Crippen LogP contribution in [0.2, 0.25) is 0 Å². The van der Waals surface area contributed by atoms with Gasteiger partial charge in [-0.3, -0.25) is 13.9 Å². The number of carbonyl (C=O) groups excluding carboxylic acids is 2. The van der Waals surface area contributed by atoms with E-state index in [0.717, 1.165) is 27.6 Å². The summed E-state index contributed by atoms with van der Waals surface area (Å²) < 4.78 is 42.1. The lowest BCUT2D eigenvalue weighted by Crippen LogP contribution is -2.55. The molecule has 0 unspecified atom stereocenters. The van der Waals surface area contributed by atoms with Crippen molar-refractivity contribution in [2.24, 2.45) is 0 Å². The maximum atomic E-state index is 14.0. The first-order valence-corrected chi connectivity index (χ1v) is 14.3. The van der Waals surface area contributed by atoms with Gasteiger partial charge in [0.05, 0.1) is 10.6 Å². The number of rotatable bonds is 10. The van der Waals surface area contributed by atoms with E-state index < -0.39 is 39.9 Å². The van der Waals surface area contributed by atoms with Gasteiger partial charge in [0.15, 0.2) is 0 Å². The number of carbonyl (C=O) groups is 2. The highest BCUT2D eigenvalue weighted by Crippen LogP contribution is 2.25. The molecule has 0 fully saturated rings. The van der Waals surface area contributed by atoms with E-state index in [1.807, 2.05) is 65.0 Å². The summed E-state index contributed by atoms with van der Waals surface area (Å²) in [6, 6.07) is 19.6. The molecule has 0 aromatic heterocycles. The molecule has 0 saturated heterocycles. The van der Waals surface area contributed by atoms with Gasteiger partial charge in [0.25, 0.3) is 10.0 Å². The summed E-state index contributed by atoms with van der Waals surface area (Å²) in [5, 5.41) is 2.94. The number of nitrogens with one attached hydrogen (secondary N) is 1. The van der Waals surface area contributed by atoms with Gasteiger partial charge in [0.2, 0.25) is 11.8 Å². The molecule has 0 radical (unpaired) electrons. The molecular formula is C30H36FN3O4S. The van der Waals surface area contributed by atoms with Crippen molar-refractivity contribution < 1.29 is 22.4 Å². The monoisotopic (exact) mass is 553 g/mol. The van der Waals surface area contributed by atoms with Crippen molar-refractivity contribution in [3.8, 4) is 0 Å². The van der Waals surface area contributed by atoms with Crippen molar-refractivity contribution in [3.05, 3.63) is 95.8 Å². The lowest BCUT2D eigenvalue weighted by atomic mass is 10.1. The van der Waals surface area contributed by atoms with Crippen LogP contribution in [0.5, 0.6) is 0 Å². The predicted molar refractivity (Wildman–Crippen MR) is 151 cm³/mol. The second-order valence-corrected chi connectivity index (χ2v) is 12.3. The second kappa shape index (κ2) is 12.4. The molecule has 3 aromatic rings. The minimum Gasteiger partial charge on any atom is -0.350 e.